The van der Waals surface area contributed by atoms with Crippen LogP contribution in [0.1, 0.15) is 72.0 Å². The summed E-state index contributed by atoms with van der Waals surface area (Å²) in [5.74, 6) is -0.769. The number of halogens is 1. The fourth-order valence-electron chi connectivity index (χ4n) is 5.38. The van der Waals surface area contributed by atoms with E-state index in [-0.39, 0.29) is 52.0 Å². The maximum atomic E-state index is 13.2. The molecule has 1 aromatic carbocycles. The molecule has 0 spiro atoms. The van der Waals surface area contributed by atoms with Crippen LogP contribution in [0.25, 0.3) is 5.78 Å². The number of Topliss-reactive ketones (excluding diaryl/α,β-unsaturated/α-hetero) is 1. The molecule has 3 aromatic rings. The van der Waals surface area contributed by atoms with Gasteiger partial charge in [-0.3, -0.25) is 14.4 Å². The summed E-state index contributed by atoms with van der Waals surface area (Å²) in [5.41, 5.74) is 0.767. The van der Waals surface area contributed by atoms with Crippen LogP contribution < -0.4 is 10.6 Å². The van der Waals surface area contributed by atoms with Crippen molar-refractivity contribution in [1.82, 2.24) is 30.2 Å². The average molecular weight is 479 g/mol. The fraction of sp³-hybridized carbons (Fsp3) is 0.440. The molecule has 6 rings (SSSR count). The number of ketones is 1. The summed E-state index contributed by atoms with van der Waals surface area (Å²) in [5, 5.41) is 9.85. The van der Waals surface area contributed by atoms with Gasteiger partial charge < -0.3 is 10.6 Å². The van der Waals surface area contributed by atoms with Crippen LogP contribution in [-0.4, -0.2) is 43.7 Å². The second-order valence-electron chi connectivity index (χ2n) is 9.83. The Labute approximate surface area is 201 Å². The van der Waals surface area contributed by atoms with Gasteiger partial charge in [0.25, 0.3) is 17.6 Å². The van der Waals surface area contributed by atoms with Gasteiger partial charge in [0.1, 0.15) is 29.3 Å². The third-order valence-corrected chi connectivity index (χ3v) is 7.86. The molecule has 3 saturated carbocycles. The number of nitrogens with one attached hydrogen (secondary N) is 2. The first-order chi connectivity index (χ1) is 16.8. The minimum atomic E-state index is -0.479. The Kier molecular flexibility index (Phi) is 5.82. The number of rotatable bonds is 7. The van der Waals surface area contributed by atoms with Crippen LogP contribution in [0.5, 0.6) is 0 Å². The highest BCUT2D eigenvalue weighted by molar-refractivity contribution is 5.98. The third kappa shape index (κ3) is 4.40. The molecule has 9 nitrogen and oxygen atoms in total. The van der Waals surface area contributed by atoms with Gasteiger partial charge >= 0.3 is 0 Å². The number of fused-ring (bicyclic) bond motifs is 4. The predicted octanol–water partition coefficient (Wildman–Crippen LogP) is 2.85. The van der Waals surface area contributed by atoms with E-state index >= 15 is 0 Å². The molecule has 2 aromatic heterocycles. The summed E-state index contributed by atoms with van der Waals surface area (Å²) in [6.45, 7) is 2.38. The van der Waals surface area contributed by atoms with E-state index in [1.54, 1.807) is 19.1 Å². The molecule has 10 heteroatoms. The van der Waals surface area contributed by atoms with E-state index < -0.39 is 5.91 Å². The molecule has 2 bridgehead atoms. The maximum absolute atomic E-state index is 13.2. The van der Waals surface area contributed by atoms with E-state index in [0.717, 1.165) is 44.1 Å². The molecule has 2 amide bonds. The largest absolute Gasteiger partial charge is 0.350 e. The van der Waals surface area contributed by atoms with Crippen molar-refractivity contribution in [2.24, 2.45) is 10.8 Å². The molecule has 2 N–H and O–H groups in total. The topological polar surface area (TPSA) is 118 Å². The zero-order chi connectivity index (χ0) is 24.6. The van der Waals surface area contributed by atoms with Crippen LogP contribution in [0.2, 0.25) is 0 Å². The first kappa shape index (κ1) is 23.1. The lowest BCUT2D eigenvalue weighted by molar-refractivity contribution is -0.135. The molecule has 3 aliphatic rings. The van der Waals surface area contributed by atoms with Crippen molar-refractivity contribution in [2.45, 2.75) is 52.0 Å². The van der Waals surface area contributed by atoms with Gasteiger partial charge in [0, 0.05) is 24.6 Å². The number of nitrogens with zero attached hydrogens (tertiary/aromatic N) is 4. The summed E-state index contributed by atoms with van der Waals surface area (Å²) in [4.78, 5) is 46.3. The van der Waals surface area contributed by atoms with Crippen molar-refractivity contribution < 1.29 is 18.8 Å². The Hall–Kier alpha value is -3.69. The summed E-state index contributed by atoms with van der Waals surface area (Å²) in [6.07, 6.45) is 6.65. The zero-order valence-electron chi connectivity index (χ0n) is 19.5. The minimum absolute atomic E-state index is 0.00324. The first-order valence-electron chi connectivity index (χ1n) is 11.8. The van der Waals surface area contributed by atoms with Gasteiger partial charge in [0.2, 0.25) is 0 Å². The standard InChI is InChI=1S/C25H27FN6O3/c1-16(33)25-9-6-24(7-10-25,8-11-25)14-28-22(35)20-12-19(31-23-29-15-30-32(20)23)21(34)27-13-17-2-4-18(26)5-3-17/h2-5,12,15H,6-11,13-14H2,1H3,(H,27,34)(H,28,35). The molecule has 0 aliphatic heterocycles. The Morgan fingerprint density at radius 2 is 1.69 bits per heavy atom. The van der Waals surface area contributed by atoms with Crippen LogP contribution in [0.15, 0.2) is 36.7 Å². The van der Waals surface area contributed by atoms with Crippen LogP contribution in [0.4, 0.5) is 4.39 Å². The predicted molar refractivity (Wildman–Crippen MR) is 124 cm³/mol. The van der Waals surface area contributed by atoms with Gasteiger partial charge in [-0.15, -0.1) is 0 Å². The Bertz CT molecular complexity index is 1280. The van der Waals surface area contributed by atoms with Gasteiger partial charge in [-0.25, -0.2) is 9.37 Å². The average Bonchev–Trinajstić information content (AvgIpc) is 3.36. The van der Waals surface area contributed by atoms with E-state index in [4.69, 9.17) is 0 Å². The molecule has 0 radical (unpaired) electrons. The smallest absolute Gasteiger partial charge is 0.270 e. The van der Waals surface area contributed by atoms with E-state index in [0.29, 0.717) is 6.54 Å². The quantitative estimate of drug-likeness (QED) is 0.539. The third-order valence-electron chi connectivity index (χ3n) is 7.86. The highest BCUT2D eigenvalue weighted by atomic mass is 19.1. The summed E-state index contributed by atoms with van der Waals surface area (Å²) in [6, 6.07) is 7.21. The van der Waals surface area contributed by atoms with Crippen LogP contribution in [0.3, 0.4) is 0 Å². The highest BCUT2D eigenvalue weighted by Crippen LogP contribution is 2.56. The van der Waals surface area contributed by atoms with Crippen molar-refractivity contribution in [3.05, 3.63) is 59.4 Å². The second-order valence-corrected chi connectivity index (χ2v) is 9.83. The Balaban J connectivity index is 1.29. The van der Waals surface area contributed by atoms with E-state index in [9.17, 15) is 18.8 Å². The van der Waals surface area contributed by atoms with Crippen molar-refractivity contribution in [3.63, 3.8) is 0 Å². The molecular formula is C25H27FN6O3. The number of amides is 2. The van der Waals surface area contributed by atoms with E-state index in [1.807, 2.05) is 0 Å². The fourth-order valence-corrected chi connectivity index (χ4v) is 5.38. The highest BCUT2D eigenvalue weighted by Gasteiger charge is 2.50. The number of carbonyl (C=O) groups excluding carboxylic acids is 3. The zero-order valence-corrected chi connectivity index (χ0v) is 19.5. The molecule has 0 saturated heterocycles. The van der Waals surface area contributed by atoms with Crippen LogP contribution in [-0.2, 0) is 11.3 Å². The molecule has 3 aliphatic carbocycles. The van der Waals surface area contributed by atoms with E-state index in [2.05, 4.69) is 25.7 Å². The van der Waals surface area contributed by atoms with Gasteiger partial charge in [0.05, 0.1) is 0 Å². The SMILES string of the molecule is CC(=O)C12CCC(CNC(=O)c3cc(C(=O)NCc4ccc(F)cc4)nc4ncnn34)(CC1)CC2. The van der Waals surface area contributed by atoms with Crippen LogP contribution >= 0.6 is 0 Å². The van der Waals surface area contributed by atoms with Gasteiger partial charge in [-0.05, 0) is 68.6 Å². The normalized spacial score (nSPS) is 23.3. The second kappa shape index (κ2) is 8.83. The lowest BCUT2D eigenvalue weighted by atomic mass is 9.52. The Morgan fingerprint density at radius 1 is 1.00 bits per heavy atom. The number of aromatic nitrogens is 4. The van der Waals surface area contributed by atoms with Crippen molar-refractivity contribution in [2.75, 3.05) is 6.54 Å². The molecule has 2 heterocycles. The molecule has 3 fully saturated rings. The van der Waals surface area contributed by atoms with Crippen molar-refractivity contribution in [3.8, 4) is 0 Å². The summed E-state index contributed by atoms with van der Waals surface area (Å²) >= 11 is 0. The van der Waals surface area contributed by atoms with Gasteiger partial charge in [0.15, 0.2) is 0 Å². The molecular weight excluding hydrogens is 451 g/mol. The molecule has 182 valence electrons. The number of carbonyl (C=O) groups is 3. The lowest BCUT2D eigenvalue weighted by Gasteiger charge is -2.52. The monoisotopic (exact) mass is 478 g/mol. The molecule has 0 atom stereocenters. The van der Waals surface area contributed by atoms with Crippen molar-refractivity contribution >= 4 is 23.4 Å². The molecule has 35 heavy (non-hydrogen) atoms. The maximum Gasteiger partial charge on any atom is 0.270 e. The number of benzene rings is 1. The van der Waals surface area contributed by atoms with Gasteiger partial charge in [-0.2, -0.15) is 14.6 Å². The number of hydrogen-bond acceptors (Lipinski definition) is 6. The number of hydrogen-bond donors (Lipinski definition) is 2. The van der Waals surface area contributed by atoms with Crippen molar-refractivity contribution in [1.29, 1.82) is 0 Å². The summed E-state index contributed by atoms with van der Waals surface area (Å²) < 4.78 is 14.4. The first-order valence-corrected chi connectivity index (χ1v) is 11.8. The molecule has 0 unspecified atom stereocenters. The lowest BCUT2D eigenvalue weighted by Crippen LogP contribution is -2.49. The minimum Gasteiger partial charge on any atom is -0.350 e. The van der Waals surface area contributed by atoms with Crippen LogP contribution in [0, 0.1) is 16.6 Å². The van der Waals surface area contributed by atoms with Gasteiger partial charge in [-0.1, -0.05) is 12.1 Å². The Morgan fingerprint density at radius 3 is 2.34 bits per heavy atom. The summed E-state index contributed by atoms with van der Waals surface area (Å²) in [7, 11) is 0. The van der Waals surface area contributed by atoms with E-state index in [1.165, 1.54) is 29.0 Å².